The molecule has 1 atom stereocenters. The highest BCUT2D eigenvalue weighted by molar-refractivity contribution is 7.98. The lowest BCUT2D eigenvalue weighted by molar-refractivity contribution is -0.128. The molecule has 18 heavy (non-hydrogen) atoms. The number of nitrogens with one attached hydrogen (secondary N) is 1. The third-order valence-corrected chi connectivity index (χ3v) is 3.70. The van der Waals surface area contributed by atoms with Crippen LogP contribution in [0.5, 0.6) is 0 Å². The third kappa shape index (κ3) is 4.03. The van der Waals surface area contributed by atoms with Crippen molar-refractivity contribution in [2.75, 3.05) is 12.8 Å². The topological polar surface area (TPSA) is 49.3 Å². The maximum atomic E-state index is 11.4. The van der Waals surface area contributed by atoms with Crippen molar-refractivity contribution in [1.29, 1.82) is 0 Å². The van der Waals surface area contributed by atoms with Crippen LogP contribution < -0.4 is 5.32 Å². The van der Waals surface area contributed by atoms with Crippen molar-refractivity contribution in [3.8, 4) is 0 Å². The van der Waals surface area contributed by atoms with Gasteiger partial charge in [-0.3, -0.25) is 4.79 Å². The molecule has 0 aliphatic heterocycles. The molecule has 0 aliphatic rings. The fourth-order valence-electron chi connectivity index (χ4n) is 1.60. The van der Waals surface area contributed by atoms with E-state index in [1.54, 1.807) is 11.8 Å². The first-order valence-corrected chi connectivity index (χ1v) is 7.19. The van der Waals surface area contributed by atoms with Gasteiger partial charge in [-0.2, -0.15) is 0 Å². The number of rotatable bonds is 5. The van der Waals surface area contributed by atoms with E-state index in [4.69, 9.17) is 5.11 Å². The van der Waals surface area contributed by atoms with Crippen molar-refractivity contribution in [3.63, 3.8) is 0 Å². The molecular formula is C14H21NO2S. The lowest BCUT2D eigenvalue weighted by Crippen LogP contribution is -2.40. The van der Waals surface area contributed by atoms with Crippen LogP contribution in [0.3, 0.4) is 0 Å². The first-order valence-electron chi connectivity index (χ1n) is 5.97. The molecule has 1 aromatic rings. The number of hydrogen-bond acceptors (Lipinski definition) is 3. The van der Waals surface area contributed by atoms with Gasteiger partial charge in [0.05, 0.1) is 0 Å². The fourth-order valence-corrected chi connectivity index (χ4v) is 2.01. The molecule has 0 saturated heterocycles. The number of hydrogen-bond donors (Lipinski definition) is 2. The molecule has 0 fully saturated rings. The number of amides is 1. The Morgan fingerprint density at radius 1 is 1.39 bits per heavy atom. The summed E-state index contributed by atoms with van der Waals surface area (Å²) in [5.74, 6) is -0.330. The molecule has 0 spiro atoms. The molecule has 0 saturated carbocycles. The molecule has 0 heterocycles. The zero-order valence-electron chi connectivity index (χ0n) is 11.4. The zero-order valence-corrected chi connectivity index (χ0v) is 12.2. The quantitative estimate of drug-likeness (QED) is 0.804. The Balaban J connectivity index is 2.69. The predicted octanol–water partition coefficient (Wildman–Crippen LogP) is 2.18. The van der Waals surface area contributed by atoms with Gasteiger partial charge in [0.15, 0.2) is 0 Å². The van der Waals surface area contributed by atoms with Gasteiger partial charge in [0.1, 0.15) is 6.10 Å². The molecule has 0 bridgehead atoms. The van der Waals surface area contributed by atoms with Gasteiger partial charge in [-0.1, -0.05) is 26.0 Å². The monoisotopic (exact) mass is 267 g/mol. The van der Waals surface area contributed by atoms with Crippen LogP contribution in [0.1, 0.15) is 26.3 Å². The van der Waals surface area contributed by atoms with Crippen LogP contribution in [-0.4, -0.2) is 29.9 Å². The summed E-state index contributed by atoms with van der Waals surface area (Å²) in [5, 5.41) is 11.9. The fraction of sp³-hybridized carbons (Fsp3) is 0.500. The second-order valence-electron chi connectivity index (χ2n) is 5.01. The van der Waals surface area contributed by atoms with Crippen molar-refractivity contribution >= 4 is 17.7 Å². The standard InChI is InChI=1S/C14H21NO2S/c1-10(16)13(17)15-9-14(2,3)11-5-7-12(18-4)8-6-11/h5-8,10,16H,9H2,1-4H3,(H,15,17). The van der Waals surface area contributed by atoms with E-state index >= 15 is 0 Å². The average molecular weight is 267 g/mol. The predicted molar refractivity (Wildman–Crippen MR) is 75.9 cm³/mol. The van der Waals surface area contributed by atoms with Gasteiger partial charge in [-0.05, 0) is 30.9 Å². The lowest BCUT2D eigenvalue weighted by Gasteiger charge is -2.26. The van der Waals surface area contributed by atoms with Crippen LogP contribution in [0.4, 0.5) is 0 Å². The van der Waals surface area contributed by atoms with Crippen molar-refractivity contribution in [3.05, 3.63) is 29.8 Å². The molecule has 0 radical (unpaired) electrons. The summed E-state index contributed by atoms with van der Waals surface area (Å²) >= 11 is 1.71. The largest absolute Gasteiger partial charge is 0.384 e. The van der Waals surface area contributed by atoms with Gasteiger partial charge in [-0.15, -0.1) is 11.8 Å². The molecule has 1 aromatic carbocycles. The smallest absolute Gasteiger partial charge is 0.248 e. The molecule has 1 rings (SSSR count). The van der Waals surface area contributed by atoms with Gasteiger partial charge in [-0.25, -0.2) is 0 Å². The van der Waals surface area contributed by atoms with Gasteiger partial charge < -0.3 is 10.4 Å². The highest BCUT2D eigenvalue weighted by Gasteiger charge is 2.22. The van der Waals surface area contributed by atoms with Crippen LogP contribution in [0.25, 0.3) is 0 Å². The number of carbonyl (C=O) groups is 1. The van der Waals surface area contributed by atoms with Crippen LogP contribution in [0, 0.1) is 0 Å². The first kappa shape index (κ1) is 15.1. The Hall–Kier alpha value is -1.00. The SMILES string of the molecule is CSc1ccc(C(C)(C)CNC(=O)C(C)O)cc1. The minimum atomic E-state index is -0.959. The minimum absolute atomic E-state index is 0.151. The van der Waals surface area contributed by atoms with Crippen molar-refractivity contribution in [2.24, 2.45) is 0 Å². The summed E-state index contributed by atoms with van der Waals surface area (Å²) in [7, 11) is 0. The summed E-state index contributed by atoms with van der Waals surface area (Å²) in [6.07, 6.45) is 1.09. The summed E-state index contributed by atoms with van der Waals surface area (Å²) in [6, 6.07) is 8.33. The average Bonchev–Trinajstić information content (AvgIpc) is 2.36. The maximum Gasteiger partial charge on any atom is 0.248 e. The van der Waals surface area contributed by atoms with E-state index in [0.29, 0.717) is 6.54 Å². The maximum absolute atomic E-state index is 11.4. The molecule has 4 heteroatoms. The van der Waals surface area contributed by atoms with Gasteiger partial charge in [0.25, 0.3) is 0 Å². The lowest BCUT2D eigenvalue weighted by atomic mass is 9.84. The van der Waals surface area contributed by atoms with Crippen molar-refractivity contribution in [1.82, 2.24) is 5.32 Å². The van der Waals surface area contributed by atoms with E-state index < -0.39 is 6.10 Å². The Bertz CT molecular complexity index is 399. The van der Waals surface area contributed by atoms with Gasteiger partial charge in [0.2, 0.25) is 5.91 Å². The number of thioether (sulfide) groups is 1. The van der Waals surface area contributed by atoms with Crippen LogP contribution in [0.2, 0.25) is 0 Å². The van der Waals surface area contributed by atoms with E-state index in [1.165, 1.54) is 17.4 Å². The number of aliphatic hydroxyl groups is 1. The first-order chi connectivity index (χ1) is 8.36. The molecule has 1 amide bonds. The molecular weight excluding hydrogens is 246 g/mol. The highest BCUT2D eigenvalue weighted by Crippen LogP contribution is 2.24. The zero-order chi connectivity index (χ0) is 13.8. The summed E-state index contributed by atoms with van der Waals surface area (Å²) in [6.45, 7) is 6.12. The molecule has 2 N–H and O–H groups in total. The summed E-state index contributed by atoms with van der Waals surface area (Å²) in [4.78, 5) is 12.6. The molecule has 0 aliphatic carbocycles. The van der Waals surface area contributed by atoms with E-state index in [0.717, 1.165) is 0 Å². The van der Waals surface area contributed by atoms with Crippen molar-refractivity contribution < 1.29 is 9.90 Å². The Morgan fingerprint density at radius 3 is 2.39 bits per heavy atom. The number of aliphatic hydroxyl groups excluding tert-OH is 1. The molecule has 3 nitrogen and oxygen atoms in total. The second-order valence-corrected chi connectivity index (χ2v) is 5.89. The minimum Gasteiger partial charge on any atom is -0.384 e. The normalized spacial score (nSPS) is 13.2. The third-order valence-electron chi connectivity index (χ3n) is 2.96. The molecule has 100 valence electrons. The van der Waals surface area contributed by atoms with E-state index in [-0.39, 0.29) is 11.3 Å². The van der Waals surface area contributed by atoms with Crippen LogP contribution in [0.15, 0.2) is 29.2 Å². The Morgan fingerprint density at radius 2 is 1.94 bits per heavy atom. The van der Waals surface area contributed by atoms with Crippen molar-refractivity contribution in [2.45, 2.75) is 37.2 Å². The number of benzene rings is 1. The number of carbonyl (C=O) groups excluding carboxylic acids is 1. The Labute approximate surface area is 113 Å². The second kappa shape index (κ2) is 6.25. The summed E-state index contributed by atoms with van der Waals surface area (Å²) < 4.78 is 0. The van der Waals surface area contributed by atoms with Crippen LogP contribution in [-0.2, 0) is 10.2 Å². The van der Waals surface area contributed by atoms with E-state index in [2.05, 4.69) is 43.4 Å². The van der Waals surface area contributed by atoms with Gasteiger partial charge >= 0.3 is 0 Å². The molecule has 1 unspecified atom stereocenters. The van der Waals surface area contributed by atoms with E-state index in [1.807, 2.05) is 6.26 Å². The highest BCUT2D eigenvalue weighted by atomic mass is 32.2. The van der Waals surface area contributed by atoms with Gasteiger partial charge in [0, 0.05) is 16.9 Å². The van der Waals surface area contributed by atoms with Crippen LogP contribution >= 0.6 is 11.8 Å². The summed E-state index contributed by atoms with van der Waals surface area (Å²) in [5.41, 5.74) is 1.02. The molecule has 0 aromatic heterocycles. The van der Waals surface area contributed by atoms with E-state index in [9.17, 15) is 4.79 Å². The Kier molecular flexibility index (Phi) is 5.23.